The largest absolute Gasteiger partial charge is 0.294 e. The van der Waals surface area contributed by atoms with Crippen molar-refractivity contribution in [3.05, 3.63) is 10.4 Å². The molecule has 15 heavy (non-hydrogen) atoms. The monoisotopic (exact) mass is 212 g/mol. The molecule has 0 aromatic rings. The van der Waals surface area contributed by atoms with Crippen LogP contribution in [0.25, 0.3) is 10.4 Å². The van der Waals surface area contributed by atoms with Gasteiger partial charge in [-0.25, -0.2) is 4.39 Å². The van der Waals surface area contributed by atoms with Gasteiger partial charge >= 0.3 is 0 Å². The zero-order valence-electron chi connectivity index (χ0n) is 9.28. The lowest BCUT2D eigenvalue weighted by atomic mass is 9.73. The summed E-state index contributed by atoms with van der Waals surface area (Å²) < 4.78 is 13.6. The SMILES string of the molecule is CC(C)(F)CN1CC2CC1(CN=[N+]=[N-])C2. The zero-order chi connectivity index (χ0) is 11.1. The minimum atomic E-state index is -1.17. The summed E-state index contributed by atoms with van der Waals surface area (Å²) in [5.74, 6) is 0.696. The Bertz CT molecular complexity index is 297. The fourth-order valence-corrected chi connectivity index (χ4v) is 2.99. The summed E-state index contributed by atoms with van der Waals surface area (Å²) >= 11 is 0. The van der Waals surface area contributed by atoms with Crippen LogP contribution in [0.2, 0.25) is 0 Å². The van der Waals surface area contributed by atoms with E-state index in [0.29, 0.717) is 19.0 Å². The van der Waals surface area contributed by atoms with Crippen LogP contribution in [-0.4, -0.2) is 35.7 Å². The van der Waals surface area contributed by atoms with Crippen LogP contribution in [0.1, 0.15) is 26.7 Å². The summed E-state index contributed by atoms with van der Waals surface area (Å²) in [5.41, 5.74) is 7.16. The van der Waals surface area contributed by atoms with E-state index in [1.807, 2.05) is 0 Å². The van der Waals surface area contributed by atoms with Crippen molar-refractivity contribution in [1.29, 1.82) is 0 Å². The summed E-state index contributed by atoms with van der Waals surface area (Å²) in [4.78, 5) is 4.98. The molecule has 4 nitrogen and oxygen atoms in total. The Kier molecular flexibility index (Phi) is 2.40. The predicted molar refractivity (Wildman–Crippen MR) is 56.2 cm³/mol. The Morgan fingerprint density at radius 2 is 2.27 bits per heavy atom. The lowest BCUT2D eigenvalue weighted by Crippen LogP contribution is -2.51. The highest BCUT2D eigenvalue weighted by atomic mass is 19.1. The van der Waals surface area contributed by atoms with Crippen molar-refractivity contribution in [2.75, 3.05) is 19.6 Å². The average Bonchev–Trinajstić information content (AvgIpc) is 2.50. The minimum absolute atomic E-state index is 0.0136. The highest BCUT2D eigenvalue weighted by molar-refractivity contribution is 5.12. The van der Waals surface area contributed by atoms with Crippen molar-refractivity contribution in [2.45, 2.75) is 37.9 Å². The van der Waals surface area contributed by atoms with Crippen molar-refractivity contribution in [2.24, 2.45) is 11.0 Å². The van der Waals surface area contributed by atoms with Crippen molar-refractivity contribution in [3.8, 4) is 0 Å². The van der Waals surface area contributed by atoms with Gasteiger partial charge < -0.3 is 0 Å². The molecule has 3 rings (SSSR count). The molecule has 2 heterocycles. The Morgan fingerprint density at radius 3 is 2.80 bits per heavy atom. The van der Waals surface area contributed by atoms with E-state index in [4.69, 9.17) is 5.53 Å². The number of nitrogens with zero attached hydrogens (tertiary/aromatic N) is 4. The van der Waals surface area contributed by atoms with Gasteiger partial charge in [-0.15, -0.1) is 0 Å². The maximum Gasteiger partial charge on any atom is 0.118 e. The lowest BCUT2D eigenvalue weighted by molar-refractivity contribution is 0.0614. The normalized spacial score (nSPS) is 34.7. The molecule has 0 radical (unpaired) electrons. The first-order valence-electron chi connectivity index (χ1n) is 5.40. The molecular weight excluding hydrogens is 195 g/mol. The Hall–Kier alpha value is -0.800. The molecule has 0 N–H and O–H groups in total. The van der Waals surface area contributed by atoms with Gasteiger partial charge in [0.15, 0.2) is 0 Å². The standard InChI is InChI=1S/C10H17FN4/c1-9(2,11)7-15-5-8-3-10(15,4-8)6-13-14-12/h8H,3-7H2,1-2H3. The van der Waals surface area contributed by atoms with Crippen LogP contribution in [0, 0.1) is 5.92 Å². The minimum Gasteiger partial charge on any atom is -0.294 e. The van der Waals surface area contributed by atoms with Crippen LogP contribution < -0.4 is 0 Å². The van der Waals surface area contributed by atoms with Gasteiger partial charge in [0.2, 0.25) is 0 Å². The number of alkyl halides is 1. The molecule has 0 aromatic heterocycles. The molecule has 2 aliphatic heterocycles. The van der Waals surface area contributed by atoms with Gasteiger partial charge in [0, 0.05) is 30.1 Å². The van der Waals surface area contributed by atoms with Gasteiger partial charge in [-0.1, -0.05) is 5.11 Å². The molecule has 0 amide bonds. The summed E-state index contributed by atoms with van der Waals surface area (Å²) in [7, 11) is 0. The second kappa shape index (κ2) is 3.35. The number of fused-ring (bicyclic) bond motifs is 1. The maximum absolute atomic E-state index is 13.6. The first-order valence-corrected chi connectivity index (χ1v) is 5.40. The molecule has 1 saturated carbocycles. The van der Waals surface area contributed by atoms with Crippen molar-refractivity contribution >= 4 is 0 Å². The van der Waals surface area contributed by atoms with E-state index in [9.17, 15) is 4.39 Å². The second-order valence-corrected chi connectivity index (χ2v) is 5.49. The third kappa shape index (κ3) is 1.94. The van der Waals surface area contributed by atoms with Crippen LogP contribution in [0.15, 0.2) is 5.11 Å². The smallest absolute Gasteiger partial charge is 0.118 e. The van der Waals surface area contributed by atoms with Gasteiger partial charge in [-0.05, 0) is 38.1 Å². The second-order valence-electron chi connectivity index (χ2n) is 5.49. The molecule has 3 aliphatic rings. The molecule has 0 atom stereocenters. The van der Waals surface area contributed by atoms with E-state index in [1.54, 1.807) is 13.8 Å². The molecular formula is C10H17FN4. The predicted octanol–water partition coefficient (Wildman–Crippen LogP) is 2.51. The van der Waals surface area contributed by atoms with Crippen LogP contribution in [-0.2, 0) is 0 Å². The van der Waals surface area contributed by atoms with Gasteiger partial charge in [0.05, 0.1) is 0 Å². The molecule has 0 spiro atoms. The van der Waals surface area contributed by atoms with Crippen molar-refractivity contribution < 1.29 is 4.39 Å². The van der Waals surface area contributed by atoms with E-state index in [-0.39, 0.29) is 5.54 Å². The number of rotatable bonds is 4. The summed E-state index contributed by atoms with van der Waals surface area (Å²) in [6.45, 7) is 5.11. The molecule has 0 aromatic carbocycles. The van der Waals surface area contributed by atoms with E-state index in [2.05, 4.69) is 14.9 Å². The Morgan fingerprint density at radius 1 is 1.60 bits per heavy atom. The molecule has 84 valence electrons. The quantitative estimate of drug-likeness (QED) is 0.401. The van der Waals surface area contributed by atoms with Crippen molar-refractivity contribution in [1.82, 2.24) is 4.90 Å². The van der Waals surface area contributed by atoms with Crippen LogP contribution in [0.5, 0.6) is 0 Å². The molecule has 5 heteroatoms. The molecule has 0 unspecified atom stereocenters. The first kappa shape index (κ1) is 10.7. The number of azide groups is 1. The van der Waals surface area contributed by atoms with Crippen LogP contribution in [0.3, 0.4) is 0 Å². The average molecular weight is 212 g/mol. The molecule has 2 saturated heterocycles. The van der Waals surface area contributed by atoms with E-state index in [1.165, 1.54) is 0 Å². The summed E-state index contributed by atoms with van der Waals surface area (Å²) in [6.07, 6.45) is 2.14. The number of halogens is 1. The molecule has 3 fully saturated rings. The lowest BCUT2D eigenvalue weighted by Gasteiger charge is -2.42. The van der Waals surface area contributed by atoms with Crippen LogP contribution >= 0.6 is 0 Å². The topological polar surface area (TPSA) is 52.0 Å². The third-order valence-electron chi connectivity index (χ3n) is 3.48. The summed E-state index contributed by atoms with van der Waals surface area (Å²) in [6, 6.07) is 0. The number of hydrogen-bond acceptors (Lipinski definition) is 2. The zero-order valence-corrected chi connectivity index (χ0v) is 9.28. The van der Waals surface area contributed by atoms with Gasteiger partial charge in [-0.3, -0.25) is 4.90 Å². The first-order chi connectivity index (χ1) is 6.95. The highest BCUT2D eigenvalue weighted by Gasteiger charge is 2.55. The van der Waals surface area contributed by atoms with E-state index in [0.717, 1.165) is 19.4 Å². The van der Waals surface area contributed by atoms with Crippen molar-refractivity contribution in [3.63, 3.8) is 0 Å². The molecule has 2 bridgehead atoms. The maximum atomic E-state index is 13.6. The van der Waals surface area contributed by atoms with Gasteiger partial charge in [0.1, 0.15) is 5.67 Å². The van der Waals surface area contributed by atoms with Gasteiger partial charge in [0.25, 0.3) is 0 Å². The van der Waals surface area contributed by atoms with Crippen LogP contribution in [0.4, 0.5) is 4.39 Å². The third-order valence-corrected chi connectivity index (χ3v) is 3.48. The fraction of sp³-hybridized carbons (Fsp3) is 1.00. The van der Waals surface area contributed by atoms with Gasteiger partial charge in [-0.2, -0.15) is 0 Å². The number of hydrogen-bond donors (Lipinski definition) is 0. The fourth-order valence-electron chi connectivity index (χ4n) is 2.99. The highest BCUT2D eigenvalue weighted by Crippen LogP contribution is 2.51. The Labute approximate surface area is 89.1 Å². The van der Waals surface area contributed by atoms with E-state index >= 15 is 0 Å². The molecule has 1 aliphatic carbocycles. The summed E-state index contributed by atoms with van der Waals surface area (Å²) in [5, 5.41) is 3.66. The van der Waals surface area contributed by atoms with E-state index < -0.39 is 5.67 Å². The Balaban J connectivity index is 2.03.